The van der Waals surface area contributed by atoms with Gasteiger partial charge in [-0.1, -0.05) is 29.8 Å². The second-order valence-electron chi connectivity index (χ2n) is 5.45. The van der Waals surface area contributed by atoms with E-state index in [1.807, 2.05) is 31.2 Å². The van der Waals surface area contributed by atoms with E-state index in [2.05, 4.69) is 6.07 Å². The third-order valence-electron chi connectivity index (χ3n) is 3.98. The zero-order valence-electron chi connectivity index (χ0n) is 11.8. The van der Waals surface area contributed by atoms with Gasteiger partial charge in [-0.2, -0.15) is 5.26 Å². The first-order chi connectivity index (χ1) is 10.1. The van der Waals surface area contributed by atoms with Crippen LogP contribution in [0.4, 0.5) is 0 Å². The second-order valence-corrected chi connectivity index (χ2v) is 5.45. The fourth-order valence-electron chi connectivity index (χ4n) is 3.04. The molecule has 1 aliphatic heterocycles. The van der Waals surface area contributed by atoms with Crippen molar-refractivity contribution in [1.29, 1.82) is 5.26 Å². The molecule has 0 fully saturated rings. The number of hydrogen-bond donors (Lipinski definition) is 1. The lowest BCUT2D eigenvalue weighted by Crippen LogP contribution is -2.27. The molecule has 21 heavy (non-hydrogen) atoms. The number of benzene rings is 1. The first-order valence-corrected chi connectivity index (χ1v) is 7.02. The number of carbonyl (C=O) groups is 1. The highest BCUT2D eigenvalue weighted by atomic mass is 16.5. The molecule has 2 aliphatic rings. The van der Waals surface area contributed by atoms with Crippen LogP contribution in [0, 0.1) is 18.3 Å². The van der Waals surface area contributed by atoms with Gasteiger partial charge in [-0.25, -0.2) is 0 Å². The Morgan fingerprint density at radius 2 is 2.19 bits per heavy atom. The fourth-order valence-corrected chi connectivity index (χ4v) is 3.04. The van der Waals surface area contributed by atoms with Gasteiger partial charge in [-0.15, -0.1) is 0 Å². The molecule has 1 unspecified atom stereocenters. The maximum Gasteiger partial charge on any atom is 0.205 e. The molecule has 0 spiro atoms. The summed E-state index contributed by atoms with van der Waals surface area (Å²) in [5.74, 6) is 0.418. The van der Waals surface area contributed by atoms with Gasteiger partial charge in [0, 0.05) is 18.4 Å². The van der Waals surface area contributed by atoms with E-state index < -0.39 is 5.92 Å². The van der Waals surface area contributed by atoms with Gasteiger partial charge >= 0.3 is 0 Å². The Balaban J connectivity index is 2.20. The molecule has 3 rings (SSSR count). The summed E-state index contributed by atoms with van der Waals surface area (Å²) in [7, 11) is 0. The lowest BCUT2D eigenvalue weighted by molar-refractivity contribution is -0.116. The van der Waals surface area contributed by atoms with Gasteiger partial charge in [0.15, 0.2) is 5.78 Å². The molecule has 0 bridgehead atoms. The number of ketones is 1. The molecule has 0 amide bonds. The van der Waals surface area contributed by atoms with Gasteiger partial charge in [-0.05, 0) is 18.9 Å². The van der Waals surface area contributed by atoms with Crippen LogP contribution in [-0.2, 0) is 9.53 Å². The number of nitriles is 1. The molecule has 1 aliphatic carbocycles. The van der Waals surface area contributed by atoms with Crippen LogP contribution in [0.2, 0.25) is 0 Å². The maximum atomic E-state index is 12.4. The average Bonchev–Trinajstić information content (AvgIpc) is 2.46. The molecule has 0 aromatic heterocycles. The Hall–Kier alpha value is -2.54. The number of hydrogen-bond acceptors (Lipinski definition) is 4. The van der Waals surface area contributed by atoms with E-state index in [4.69, 9.17) is 10.5 Å². The zero-order valence-corrected chi connectivity index (χ0v) is 11.8. The summed E-state index contributed by atoms with van der Waals surface area (Å²) < 4.78 is 5.54. The van der Waals surface area contributed by atoms with Crippen LogP contribution in [0.1, 0.15) is 36.3 Å². The molecule has 2 N–H and O–H groups in total. The number of nitrogens with zero attached hydrogens (tertiary/aromatic N) is 1. The summed E-state index contributed by atoms with van der Waals surface area (Å²) >= 11 is 0. The minimum atomic E-state index is -0.397. The van der Waals surface area contributed by atoms with E-state index in [0.717, 1.165) is 17.5 Å². The highest BCUT2D eigenvalue weighted by Gasteiger charge is 2.37. The van der Waals surface area contributed by atoms with Crippen LogP contribution in [0.3, 0.4) is 0 Å². The lowest BCUT2D eigenvalue weighted by Gasteiger charge is -2.31. The van der Waals surface area contributed by atoms with Crippen molar-refractivity contribution in [3.8, 4) is 6.07 Å². The number of aryl methyl sites for hydroxylation is 1. The van der Waals surface area contributed by atoms with Crippen molar-refractivity contribution in [2.24, 2.45) is 5.73 Å². The summed E-state index contributed by atoms with van der Waals surface area (Å²) in [6.07, 6.45) is 1.97. The highest BCUT2D eigenvalue weighted by Crippen LogP contribution is 2.43. The monoisotopic (exact) mass is 280 g/mol. The van der Waals surface area contributed by atoms with Crippen LogP contribution in [0.25, 0.3) is 0 Å². The predicted octanol–water partition coefficient (Wildman–Crippen LogP) is 2.81. The second kappa shape index (κ2) is 5.10. The van der Waals surface area contributed by atoms with E-state index in [0.29, 0.717) is 29.7 Å². The average molecular weight is 280 g/mol. The van der Waals surface area contributed by atoms with Crippen LogP contribution in [-0.4, -0.2) is 5.78 Å². The zero-order chi connectivity index (χ0) is 15.0. The van der Waals surface area contributed by atoms with Crippen LogP contribution < -0.4 is 5.73 Å². The van der Waals surface area contributed by atoms with Crippen LogP contribution in [0.5, 0.6) is 0 Å². The van der Waals surface area contributed by atoms with Crippen molar-refractivity contribution < 1.29 is 9.53 Å². The van der Waals surface area contributed by atoms with Crippen LogP contribution >= 0.6 is 0 Å². The van der Waals surface area contributed by atoms with E-state index >= 15 is 0 Å². The third kappa shape index (κ3) is 2.21. The van der Waals surface area contributed by atoms with Crippen molar-refractivity contribution >= 4 is 5.78 Å². The first-order valence-electron chi connectivity index (χ1n) is 7.02. The van der Waals surface area contributed by atoms with Gasteiger partial charge in [0.2, 0.25) is 5.88 Å². The van der Waals surface area contributed by atoms with Gasteiger partial charge in [0.1, 0.15) is 17.4 Å². The van der Waals surface area contributed by atoms with E-state index in [9.17, 15) is 10.1 Å². The van der Waals surface area contributed by atoms with Crippen LogP contribution in [0.15, 0.2) is 47.1 Å². The van der Waals surface area contributed by atoms with Crippen molar-refractivity contribution in [3.63, 3.8) is 0 Å². The molecule has 0 saturated carbocycles. The SMILES string of the molecule is Cc1cccc(C2C(C#N)=C(N)OC3=C2C(=O)CCC3)c1. The standard InChI is InChI=1S/C17H16N2O2/c1-10-4-2-5-11(8-10)15-12(9-18)17(19)21-14-7-3-6-13(20)16(14)15/h2,4-5,8,15H,3,6-7,19H2,1H3. The molecule has 4 nitrogen and oxygen atoms in total. The van der Waals surface area contributed by atoms with E-state index in [1.54, 1.807) is 0 Å². The Labute approximate surface area is 123 Å². The van der Waals surface area contributed by atoms with Gasteiger partial charge in [0.25, 0.3) is 0 Å². The normalized spacial score (nSPS) is 21.7. The molecule has 1 aromatic carbocycles. The number of carbonyl (C=O) groups excluding carboxylic acids is 1. The summed E-state index contributed by atoms with van der Waals surface area (Å²) in [6.45, 7) is 1.99. The third-order valence-corrected chi connectivity index (χ3v) is 3.98. The van der Waals surface area contributed by atoms with E-state index in [1.165, 1.54) is 0 Å². The fraction of sp³-hybridized carbons (Fsp3) is 0.294. The van der Waals surface area contributed by atoms with E-state index in [-0.39, 0.29) is 11.7 Å². The Morgan fingerprint density at radius 1 is 1.38 bits per heavy atom. The topological polar surface area (TPSA) is 76.1 Å². The Kier molecular flexibility index (Phi) is 3.26. The number of Topliss-reactive ketones (excluding diaryl/α,β-unsaturated/α-hetero) is 1. The van der Waals surface area contributed by atoms with Gasteiger partial charge in [-0.3, -0.25) is 4.79 Å². The number of ether oxygens (including phenoxy) is 1. The van der Waals surface area contributed by atoms with Crippen molar-refractivity contribution in [3.05, 3.63) is 58.2 Å². The minimum Gasteiger partial charge on any atom is -0.444 e. The van der Waals surface area contributed by atoms with Gasteiger partial charge in [0.05, 0.1) is 5.92 Å². The largest absolute Gasteiger partial charge is 0.444 e. The molecule has 1 atom stereocenters. The first kappa shape index (κ1) is 13.4. The van der Waals surface area contributed by atoms with Crippen molar-refractivity contribution in [1.82, 2.24) is 0 Å². The molecule has 106 valence electrons. The van der Waals surface area contributed by atoms with Crippen molar-refractivity contribution in [2.75, 3.05) is 0 Å². The lowest BCUT2D eigenvalue weighted by atomic mass is 9.77. The Bertz CT molecular complexity index is 723. The smallest absolute Gasteiger partial charge is 0.205 e. The summed E-state index contributed by atoms with van der Waals surface area (Å²) in [5, 5.41) is 9.44. The molecule has 1 heterocycles. The molecular formula is C17H16N2O2. The molecular weight excluding hydrogens is 264 g/mol. The number of rotatable bonds is 1. The number of nitrogens with two attached hydrogens (primary N) is 1. The minimum absolute atomic E-state index is 0.0583. The van der Waals surface area contributed by atoms with Gasteiger partial charge < -0.3 is 10.5 Å². The maximum absolute atomic E-state index is 12.4. The summed E-state index contributed by atoms with van der Waals surface area (Å²) in [4.78, 5) is 12.4. The molecule has 4 heteroatoms. The Morgan fingerprint density at radius 3 is 2.90 bits per heavy atom. The predicted molar refractivity (Wildman–Crippen MR) is 77.7 cm³/mol. The number of allylic oxidation sites excluding steroid dienone is 3. The van der Waals surface area contributed by atoms with Crippen molar-refractivity contribution in [2.45, 2.75) is 32.1 Å². The molecule has 0 saturated heterocycles. The summed E-state index contributed by atoms with van der Waals surface area (Å²) in [5.41, 5.74) is 8.84. The molecule has 0 radical (unpaired) electrons. The summed E-state index contributed by atoms with van der Waals surface area (Å²) in [6, 6.07) is 9.96. The highest BCUT2D eigenvalue weighted by molar-refractivity contribution is 5.99. The quantitative estimate of drug-likeness (QED) is 0.858. The molecule has 1 aromatic rings.